The summed E-state index contributed by atoms with van der Waals surface area (Å²) in [4.78, 5) is 13.6. The number of hydrogen-bond donors (Lipinski definition) is 1. The molecule has 2 amide bonds. The molecule has 0 atom stereocenters. The van der Waals surface area contributed by atoms with Gasteiger partial charge in [0.25, 0.3) is 0 Å². The Labute approximate surface area is 153 Å². The maximum absolute atomic E-state index is 13.7. The van der Waals surface area contributed by atoms with Crippen LogP contribution in [0.1, 0.15) is 17.5 Å². The van der Waals surface area contributed by atoms with Crippen LogP contribution in [-0.2, 0) is 6.54 Å². The minimum absolute atomic E-state index is 0.189. The van der Waals surface area contributed by atoms with Crippen LogP contribution in [0.25, 0.3) is 0 Å². The van der Waals surface area contributed by atoms with Gasteiger partial charge in [-0.15, -0.1) is 0 Å². The molecule has 0 unspecified atom stereocenters. The van der Waals surface area contributed by atoms with Crippen molar-refractivity contribution >= 4 is 6.03 Å². The van der Waals surface area contributed by atoms with E-state index in [1.54, 1.807) is 19.2 Å². The number of rotatable bonds is 8. The van der Waals surface area contributed by atoms with Gasteiger partial charge in [-0.2, -0.15) is 0 Å². The first-order chi connectivity index (χ1) is 12.5. The van der Waals surface area contributed by atoms with E-state index in [1.807, 2.05) is 31.2 Å². The number of ether oxygens (including phenoxy) is 2. The van der Waals surface area contributed by atoms with Gasteiger partial charge in [-0.05, 0) is 43.2 Å². The summed E-state index contributed by atoms with van der Waals surface area (Å²) in [6.07, 6.45) is 0.699. The van der Waals surface area contributed by atoms with E-state index < -0.39 is 5.82 Å². The molecular weight excluding hydrogens is 335 g/mol. The van der Waals surface area contributed by atoms with Crippen molar-refractivity contribution in [2.24, 2.45) is 0 Å². The fourth-order valence-electron chi connectivity index (χ4n) is 2.38. The van der Waals surface area contributed by atoms with Crippen molar-refractivity contribution in [1.29, 1.82) is 0 Å². The first kappa shape index (κ1) is 19.6. The Morgan fingerprint density at radius 3 is 2.58 bits per heavy atom. The Morgan fingerprint density at radius 2 is 1.92 bits per heavy atom. The van der Waals surface area contributed by atoms with Crippen molar-refractivity contribution in [2.45, 2.75) is 19.9 Å². The summed E-state index contributed by atoms with van der Waals surface area (Å²) in [6.45, 7) is 3.37. The van der Waals surface area contributed by atoms with Crippen LogP contribution in [0, 0.1) is 12.7 Å². The van der Waals surface area contributed by atoms with Gasteiger partial charge < -0.3 is 19.7 Å². The normalized spacial score (nSPS) is 10.3. The van der Waals surface area contributed by atoms with Gasteiger partial charge in [-0.25, -0.2) is 9.18 Å². The lowest BCUT2D eigenvalue weighted by atomic mass is 10.2. The van der Waals surface area contributed by atoms with E-state index in [0.29, 0.717) is 31.7 Å². The number of nitrogens with zero attached hydrogens (tertiary/aromatic N) is 1. The van der Waals surface area contributed by atoms with Gasteiger partial charge in [0.2, 0.25) is 0 Å². The Morgan fingerprint density at radius 1 is 1.19 bits per heavy atom. The summed E-state index contributed by atoms with van der Waals surface area (Å²) in [5, 5.41) is 2.82. The van der Waals surface area contributed by atoms with Crippen LogP contribution in [0.3, 0.4) is 0 Å². The molecule has 5 nitrogen and oxygen atoms in total. The second kappa shape index (κ2) is 9.65. The van der Waals surface area contributed by atoms with E-state index in [4.69, 9.17) is 9.47 Å². The molecule has 26 heavy (non-hydrogen) atoms. The van der Waals surface area contributed by atoms with E-state index in [9.17, 15) is 9.18 Å². The smallest absolute Gasteiger partial charge is 0.317 e. The zero-order valence-corrected chi connectivity index (χ0v) is 15.4. The van der Waals surface area contributed by atoms with Crippen molar-refractivity contribution in [3.05, 3.63) is 59.4 Å². The van der Waals surface area contributed by atoms with Gasteiger partial charge in [0.15, 0.2) is 11.6 Å². The molecule has 2 aromatic carbocycles. The molecule has 2 rings (SSSR count). The van der Waals surface area contributed by atoms with Gasteiger partial charge in [0.1, 0.15) is 5.75 Å². The van der Waals surface area contributed by atoms with Gasteiger partial charge in [0.05, 0.1) is 13.7 Å². The highest BCUT2D eigenvalue weighted by Gasteiger charge is 2.10. The first-order valence-electron chi connectivity index (χ1n) is 8.50. The fraction of sp³-hybridized carbons (Fsp3) is 0.350. The highest BCUT2D eigenvalue weighted by Crippen LogP contribution is 2.18. The van der Waals surface area contributed by atoms with Crippen LogP contribution in [0.5, 0.6) is 11.5 Å². The summed E-state index contributed by atoms with van der Waals surface area (Å²) >= 11 is 0. The summed E-state index contributed by atoms with van der Waals surface area (Å²) in [5.74, 6) is 0.571. The lowest BCUT2D eigenvalue weighted by Crippen LogP contribution is -2.37. The Bertz CT molecular complexity index is 719. The third-order valence-electron chi connectivity index (χ3n) is 3.87. The van der Waals surface area contributed by atoms with Crippen LogP contribution in [0.2, 0.25) is 0 Å². The largest absolute Gasteiger partial charge is 0.494 e. The van der Waals surface area contributed by atoms with Crippen LogP contribution >= 0.6 is 0 Å². The molecule has 0 fully saturated rings. The van der Waals surface area contributed by atoms with Crippen LogP contribution in [0.15, 0.2) is 42.5 Å². The molecule has 0 spiro atoms. The van der Waals surface area contributed by atoms with Gasteiger partial charge in [-0.1, -0.05) is 23.8 Å². The van der Waals surface area contributed by atoms with Crippen molar-refractivity contribution in [3.8, 4) is 11.5 Å². The molecular formula is C20H25FN2O3. The zero-order valence-electron chi connectivity index (χ0n) is 15.4. The maximum Gasteiger partial charge on any atom is 0.317 e. The van der Waals surface area contributed by atoms with E-state index in [0.717, 1.165) is 5.75 Å². The maximum atomic E-state index is 13.7. The van der Waals surface area contributed by atoms with Gasteiger partial charge in [0, 0.05) is 20.1 Å². The number of hydrogen-bond acceptors (Lipinski definition) is 3. The lowest BCUT2D eigenvalue weighted by Gasteiger charge is -2.18. The Balaban J connectivity index is 1.68. The molecule has 0 saturated carbocycles. The topological polar surface area (TPSA) is 50.8 Å². The molecule has 140 valence electrons. The second-order valence-corrected chi connectivity index (χ2v) is 6.07. The van der Waals surface area contributed by atoms with E-state index >= 15 is 0 Å². The predicted octanol–water partition coefficient (Wildman–Crippen LogP) is 3.75. The third-order valence-corrected chi connectivity index (χ3v) is 3.87. The summed E-state index contributed by atoms with van der Waals surface area (Å²) in [6, 6.07) is 12.3. The predicted molar refractivity (Wildman–Crippen MR) is 99.1 cm³/mol. The fourth-order valence-corrected chi connectivity index (χ4v) is 2.38. The molecule has 6 heteroatoms. The first-order valence-corrected chi connectivity index (χ1v) is 8.50. The minimum atomic E-state index is -0.438. The molecule has 0 aliphatic carbocycles. The molecule has 0 heterocycles. The number of methoxy groups -OCH3 is 1. The van der Waals surface area contributed by atoms with Crippen LogP contribution < -0.4 is 14.8 Å². The summed E-state index contributed by atoms with van der Waals surface area (Å²) < 4.78 is 24.2. The minimum Gasteiger partial charge on any atom is -0.494 e. The third kappa shape index (κ3) is 5.95. The van der Waals surface area contributed by atoms with Crippen LogP contribution in [-0.4, -0.2) is 38.2 Å². The van der Waals surface area contributed by atoms with Gasteiger partial charge >= 0.3 is 6.03 Å². The van der Waals surface area contributed by atoms with Crippen molar-refractivity contribution < 1.29 is 18.7 Å². The van der Waals surface area contributed by atoms with Crippen molar-refractivity contribution in [3.63, 3.8) is 0 Å². The lowest BCUT2D eigenvalue weighted by molar-refractivity contribution is 0.205. The monoisotopic (exact) mass is 360 g/mol. The molecule has 0 aliphatic rings. The molecule has 0 bridgehead atoms. The van der Waals surface area contributed by atoms with E-state index in [2.05, 4.69) is 5.32 Å². The highest BCUT2D eigenvalue weighted by atomic mass is 19.1. The number of benzene rings is 2. The standard InChI is InChI=1S/C20H25FN2O3/c1-15-5-8-17(9-6-15)26-12-4-11-22-20(24)23(2)14-16-7-10-19(25-3)18(21)13-16/h5-10,13H,4,11-12,14H2,1-3H3,(H,22,24). The zero-order chi connectivity index (χ0) is 18.9. The SMILES string of the molecule is COc1ccc(CN(C)C(=O)NCCCOc2ccc(C)cc2)cc1F. The number of amides is 2. The Hall–Kier alpha value is -2.76. The molecule has 0 aliphatic heterocycles. The number of urea groups is 1. The number of aryl methyl sites for hydroxylation is 1. The summed E-state index contributed by atoms with van der Waals surface area (Å²) in [5.41, 5.74) is 1.88. The average molecular weight is 360 g/mol. The summed E-state index contributed by atoms with van der Waals surface area (Å²) in [7, 11) is 3.08. The van der Waals surface area contributed by atoms with Crippen LogP contribution in [0.4, 0.5) is 9.18 Å². The molecule has 0 aromatic heterocycles. The van der Waals surface area contributed by atoms with E-state index in [1.165, 1.54) is 23.6 Å². The quantitative estimate of drug-likeness (QED) is 0.730. The van der Waals surface area contributed by atoms with Gasteiger partial charge in [-0.3, -0.25) is 0 Å². The molecule has 0 saturated heterocycles. The van der Waals surface area contributed by atoms with Crippen molar-refractivity contribution in [1.82, 2.24) is 10.2 Å². The van der Waals surface area contributed by atoms with E-state index in [-0.39, 0.29) is 11.8 Å². The average Bonchev–Trinajstić information content (AvgIpc) is 2.63. The highest BCUT2D eigenvalue weighted by molar-refractivity contribution is 5.73. The molecule has 1 N–H and O–H groups in total. The number of nitrogens with one attached hydrogen (secondary N) is 1. The molecule has 0 radical (unpaired) electrons. The Kier molecular flexibility index (Phi) is 7.26. The molecule has 2 aromatic rings. The second-order valence-electron chi connectivity index (χ2n) is 6.07. The number of halogens is 1. The van der Waals surface area contributed by atoms with Crippen molar-refractivity contribution in [2.75, 3.05) is 27.3 Å². The number of carbonyl (C=O) groups is 1. The number of carbonyl (C=O) groups excluding carboxylic acids is 1.